The van der Waals surface area contributed by atoms with Crippen LogP contribution in [0.1, 0.15) is 72.5 Å². The van der Waals surface area contributed by atoms with E-state index in [4.69, 9.17) is 28.4 Å². The van der Waals surface area contributed by atoms with Gasteiger partial charge in [-0.1, -0.05) is 42.5 Å². The maximum atomic E-state index is 14.1. The van der Waals surface area contributed by atoms with Gasteiger partial charge in [0.05, 0.1) is 110 Å². The molecular weight excluding hydrogens is 967 g/mol. The molecule has 14 bridgehead atoms. The molecule has 7 N–H and O–H groups in total. The van der Waals surface area contributed by atoms with E-state index in [0.29, 0.717) is 0 Å². The van der Waals surface area contributed by atoms with Gasteiger partial charge < -0.3 is 65.6 Å². The van der Waals surface area contributed by atoms with Crippen LogP contribution in [0.25, 0.3) is 0 Å². The minimum Gasteiger partial charge on any atom is -0.494 e. The monoisotopic (exact) mass is 1010 g/mol. The number of benzene rings is 7. The summed E-state index contributed by atoms with van der Waals surface area (Å²) in [6.07, 6.45) is 0. The summed E-state index contributed by atoms with van der Waals surface area (Å²) in [5.41, 5.74) is 0.983. The molecule has 7 aromatic rings. The predicted molar refractivity (Wildman–Crippen MR) is 280 cm³/mol. The first-order valence-electron chi connectivity index (χ1n) is 22.6. The van der Waals surface area contributed by atoms with Gasteiger partial charge in [-0.25, -0.2) is 0 Å². The lowest BCUT2D eigenvalue weighted by Crippen LogP contribution is -2.20. The van der Waals surface area contributed by atoms with Crippen LogP contribution in [-0.2, 0) is 0 Å². The van der Waals surface area contributed by atoms with Gasteiger partial charge in [-0.2, -0.15) is 0 Å². The van der Waals surface area contributed by atoms with Crippen molar-refractivity contribution in [1.29, 1.82) is 0 Å². The van der Waals surface area contributed by atoms with Crippen LogP contribution in [0.3, 0.4) is 0 Å². The van der Waals surface area contributed by atoms with Crippen molar-refractivity contribution in [2.75, 3.05) is 79.9 Å². The van der Waals surface area contributed by atoms with Gasteiger partial charge in [0.1, 0.15) is 0 Å². The fraction of sp³-hybridized carbons (Fsp3) is 0.109. The lowest BCUT2D eigenvalue weighted by molar-refractivity contribution is 0.100. The van der Waals surface area contributed by atoms with E-state index >= 15 is 0 Å². The van der Waals surface area contributed by atoms with E-state index in [1.54, 1.807) is 12.1 Å². The molecule has 7 amide bonds. The Morgan fingerprint density at radius 2 is 0.467 bits per heavy atom. The van der Waals surface area contributed by atoms with Gasteiger partial charge >= 0.3 is 0 Å². The first-order valence-corrected chi connectivity index (χ1v) is 22.6. The molecule has 0 unspecified atom stereocenters. The van der Waals surface area contributed by atoms with E-state index in [1.807, 2.05) is 0 Å². The molecule has 8 rings (SSSR count). The van der Waals surface area contributed by atoms with Crippen molar-refractivity contribution in [2.45, 2.75) is 0 Å². The fourth-order valence-corrected chi connectivity index (χ4v) is 8.28. The third-order valence-electron chi connectivity index (χ3n) is 11.7. The molecule has 0 spiro atoms. The molecule has 0 fully saturated rings. The molecule has 1 heterocycles. The third-order valence-corrected chi connectivity index (χ3v) is 11.7. The maximum absolute atomic E-state index is 14.1. The molecule has 380 valence electrons. The predicted octanol–water partition coefficient (Wildman–Crippen LogP) is 8.82. The lowest BCUT2D eigenvalue weighted by Gasteiger charge is -2.18. The Bertz CT molecular complexity index is 3440. The molecule has 0 radical (unpaired) electrons. The van der Waals surface area contributed by atoms with E-state index in [0.717, 1.165) is 0 Å². The maximum Gasteiger partial charge on any atom is 0.259 e. The van der Waals surface area contributed by atoms with Crippen LogP contribution in [0.15, 0.2) is 133 Å². The molecule has 1 aliphatic rings. The van der Waals surface area contributed by atoms with E-state index in [2.05, 4.69) is 37.2 Å². The van der Waals surface area contributed by atoms with Crippen molar-refractivity contribution < 1.29 is 62.0 Å². The summed E-state index contributed by atoms with van der Waals surface area (Å²) in [6.45, 7) is 0. The molecule has 0 aromatic heterocycles. The SMILES string of the molecule is COc1c2cccc1C(=O)Nc1cccc(c1OC)C(=O)Nc1cccc(c1OC)C(=O)Nc1cccc(c1OC)C(=O)Nc1cccc(c1OC)C(=O)Nc1cccc(c1OC)C(=O)Nc1cccc(c1)C(=O)N2. The zero-order valence-electron chi connectivity index (χ0n) is 41.0. The lowest BCUT2D eigenvalue weighted by atomic mass is 10.1. The molecule has 0 atom stereocenters. The fourth-order valence-electron chi connectivity index (χ4n) is 8.28. The van der Waals surface area contributed by atoms with Crippen molar-refractivity contribution in [3.8, 4) is 34.5 Å². The molecule has 0 aliphatic carbocycles. The van der Waals surface area contributed by atoms with Crippen molar-refractivity contribution in [3.05, 3.63) is 172 Å². The highest BCUT2D eigenvalue weighted by Crippen LogP contribution is 2.38. The average Bonchev–Trinajstić information content (AvgIpc) is 3.42. The Balaban J connectivity index is 1.19. The van der Waals surface area contributed by atoms with E-state index in [-0.39, 0.29) is 113 Å². The summed E-state index contributed by atoms with van der Waals surface area (Å²) in [5.74, 6) is -4.81. The van der Waals surface area contributed by atoms with Crippen LogP contribution in [0.2, 0.25) is 0 Å². The summed E-state index contributed by atoms with van der Waals surface area (Å²) >= 11 is 0. The van der Waals surface area contributed by atoms with Crippen molar-refractivity contribution in [3.63, 3.8) is 0 Å². The van der Waals surface area contributed by atoms with Crippen LogP contribution in [0, 0.1) is 0 Å². The summed E-state index contributed by atoms with van der Waals surface area (Å²) in [6, 6.07) is 33.2. The molecule has 7 aromatic carbocycles. The molecular formula is C55H47N7O13. The summed E-state index contributed by atoms with van der Waals surface area (Å²) in [5, 5.41) is 19.4. The highest BCUT2D eigenvalue weighted by atomic mass is 16.5. The van der Waals surface area contributed by atoms with Crippen LogP contribution >= 0.6 is 0 Å². The summed E-state index contributed by atoms with van der Waals surface area (Å²) in [4.78, 5) is 97.9. The second kappa shape index (κ2) is 22.4. The number of para-hydroxylation sites is 6. The highest BCUT2D eigenvalue weighted by molar-refractivity contribution is 6.16. The zero-order valence-corrected chi connectivity index (χ0v) is 41.0. The number of methoxy groups -OCH3 is 6. The Morgan fingerprint density at radius 3 is 0.707 bits per heavy atom. The number of carbonyl (C=O) groups excluding carboxylic acids is 7. The minimum atomic E-state index is -0.704. The van der Waals surface area contributed by atoms with Gasteiger partial charge in [-0.05, 0) is 91.0 Å². The quantitative estimate of drug-likeness (QED) is 0.0823. The molecule has 20 heteroatoms. The number of ether oxygens (including phenoxy) is 6. The largest absolute Gasteiger partial charge is 0.494 e. The topological polar surface area (TPSA) is 259 Å². The number of amides is 7. The molecule has 0 saturated heterocycles. The molecule has 1 aliphatic heterocycles. The highest BCUT2D eigenvalue weighted by Gasteiger charge is 2.27. The summed E-state index contributed by atoms with van der Waals surface area (Å²) < 4.78 is 34.0. The van der Waals surface area contributed by atoms with Crippen molar-refractivity contribution in [2.24, 2.45) is 0 Å². The van der Waals surface area contributed by atoms with E-state index in [1.165, 1.54) is 164 Å². The Labute approximate surface area is 428 Å². The second-order valence-electron chi connectivity index (χ2n) is 16.1. The number of nitrogens with one attached hydrogen (secondary N) is 7. The van der Waals surface area contributed by atoms with Gasteiger partial charge in [0, 0.05) is 11.3 Å². The van der Waals surface area contributed by atoms with Crippen LogP contribution < -0.4 is 65.6 Å². The average molecular weight is 1010 g/mol. The number of hydrogen-bond acceptors (Lipinski definition) is 13. The third kappa shape index (κ3) is 10.5. The Hall–Kier alpha value is -10.4. The van der Waals surface area contributed by atoms with Crippen molar-refractivity contribution >= 4 is 81.2 Å². The van der Waals surface area contributed by atoms with Crippen LogP contribution in [0.5, 0.6) is 34.5 Å². The standard InChI is InChI=1S/C55H47N7O13/c1-70-43-31-16-8-23-38(43)58-52(66)33-18-10-25-40(45(33)72-3)60-54(68)35-20-12-27-42(47(35)74-5)62-55(69)36-21-13-26-41(48(36)75-6)61-53(67)34-19-11-24-39(46(34)73-4)59-51(65)32-17-9-22-37(44(32)71-2)57-49(63)29-14-7-15-30(28-29)56-50(31)64/h7-28H,1-6H3,(H,56,64)(H,57,63)(H,58,66)(H,59,65)(H,60,68)(H,61,67)(H,62,69). The molecule has 0 saturated carbocycles. The minimum absolute atomic E-state index is 0.00404. The summed E-state index contributed by atoms with van der Waals surface area (Å²) in [7, 11) is 7.92. The first-order chi connectivity index (χ1) is 36.3. The second-order valence-corrected chi connectivity index (χ2v) is 16.1. The first kappa shape index (κ1) is 51.0. The van der Waals surface area contributed by atoms with Crippen LogP contribution in [-0.4, -0.2) is 84.0 Å². The van der Waals surface area contributed by atoms with E-state index < -0.39 is 41.4 Å². The number of anilines is 7. The van der Waals surface area contributed by atoms with Gasteiger partial charge in [0.25, 0.3) is 41.4 Å². The number of hydrogen-bond donors (Lipinski definition) is 7. The zero-order chi connectivity index (χ0) is 53.3. The van der Waals surface area contributed by atoms with Gasteiger partial charge in [0.15, 0.2) is 34.5 Å². The van der Waals surface area contributed by atoms with E-state index in [9.17, 15) is 33.6 Å². The number of fused-ring (bicyclic) bond motifs is 14. The van der Waals surface area contributed by atoms with Gasteiger partial charge in [-0.15, -0.1) is 0 Å². The van der Waals surface area contributed by atoms with Crippen LogP contribution in [0.4, 0.5) is 39.8 Å². The van der Waals surface area contributed by atoms with Gasteiger partial charge in [-0.3, -0.25) is 33.6 Å². The number of carbonyl (C=O) groups is 7. The Morgan fingerprint density at radius 1 is 0.253 bits per heavy atom. The Kier molecular flexibility index (Phi) is 15.2. The molecule has 20 nitrogen and oxygen atoms in total. The van der Waals surface area contributed by atoms with Gasteiger partial charge in [0.2, 0.25) is 0 Å². The van der Waals surface area contributed by atoms with Crippen molar-refractivity contribution in [1.82, 2.24) is 0 Å². The normalized spacial score (nSPS) is 13.1. The number of rotatable bonds is 6. The molecule has 75 heavy (non-hydrogen) atoms. The smallest absolute Gasteiger partial charge is 0.259 e.